The average Bonchev–Trinajstić information content (AvgIpc) is 3.10. The number of amides is 1. The summed E-state index contributed by atoms with van der Waals surface area (Å²) in [7, 11) is 0. The number of aliphatic hydroxyl groups excluding tert-OH is 1. The Labute approximate surface area is 143 Å². The molecule has 1 N–H and O–H groups in total. The molecule has 24 heavy (non-hydrogen) atoms. The van der Waals surface area contributed by atoms with Crippen LogP contribution in [-0.4, -0.2) is 59.1 Å². The first kappa shape index (κ1) is 17.4. The first-order chi connectivity index (χ1) is 11.6. The Balaban J connectivity index is 1.62. The summed E-state index contributed by atoms with van der Waals surface area (Å²) in [6.07, 6.45) is 4.62. The highest BCUT2D eigenvalue weighted by Crippen LogP contribution is 2.23. The number of carbonyl (C=O) groups is 1. The molecule has 0 aliphatic carbocycles. The van der Waals surface area contributed by atoms with Gasteiger partial charge in [-0.25, -0.2) is 4.39 Å². The van der Waals surface area contributed by atoms with Gasteiger partial charge in [-0.15, -0.1) is 0 Å². The van der Waals surface area contributed by atoms with Crippen LogP contribution in [0.15, 0.2) is 24.3 Å². The zero-order valence-corrected chi connectivity index (χ0v) is 14.2. The molecule has 0 aromatic heterocycles. The molecule has 1 aromatic carbocycles. The van der Waals surface area contributed by atoms with E-state index in [9.17, 15) is 14.3 Å². The largest absolute Gasteiger partial charge is 0.391 e. The molecule has 3 rings (SSSR count). The summed E-state index contributed by atoms with van der Waals surface area (Å²) in [5.74, 6) is -0.130. The molecule has 1 amide bonds. The molecular weight excluding hydrogens is 307 g/mol. The van der Waals surface area contributed by atoms with Crippen LogP contribution >= 0.6 is 0 Å². The van der Waals surface area contributed by atoms with E-state index in [0.717, 1.165) is 38.0 Å². The summed E-state index contributed by atoms with van der Waals surface area (Å²) in [5.41, 5.74) is 0.958. The minimum Gasteiger partial charge on any atom is -0.391 e. The number of piperidine rings is 1. The van der Waals surface area contributed by atoms with E-state index in [4.69, 9.17) is 0 Å². The van der Waals surface area contributed by atoms with E-state index in [2.05, 4.69) is 4.90 Å². The molecule has 2 atom stereocenters. The number of likely N-dealkylation sites (tertiary alicyclic amines) is 2. The van der Waals surface area contributed by atoms with E-state index in [1.165, 1.54) is 25.0 Å². The molecule has 2 heterocycles. The standard InChI is InChI=1S/C19H27FN2O2/c20-16-7-5-15(6-8-16)14-17-18(23)4-3-12-22(17)19(24)9-13-21-10-1-2-11-21/h5-8,17-18,23H,1-4,9-14H2/t17-,18-/m0/s1. The molecule has 132 valence electrons. The van der Waals surface area contributed by atoms with Crippen LogP contribution in [0.5, 0.6) is 0 Å². The summed E-state index contributed by atoms with van der Waals surface area (Å²) in [5, 5.41) is 10.4. The van der Waals surface area contributed by atoms with E-state index in [1.807, 2.05) is 4.90 Å². The highest BCUT2D eigenvalue weighted by Gasteiger charge is 2.33. The maximum atomic E-state index is 13.1. The first-order valence-corrected chi connectivity index (χ1v) is 9.08. The van der Waals surface area contributed by atoms with Crippen LogP contribution in [0, 0.1) is 5.82 Å². The molecule has 4 nitrogen and oxygen atoms in total. The maximum absolute atomic E-state index is 13.1. The minimum atomic E-state index is -0.500. The zero-order valence-electron chi connectivity index (χ0n) is 14.2. The van der Waals surface area contributed by atoms with Crippen LogP contribution in [0.3, 0.4) is 0 Å². The number of aliphatic hydroxyl groups is 1. The number of halogens is 1. The van der Waals surface area contributed by atoms with Crippen LogP contribution in [0.2, 0.25) is 0 Å². The Morgan fingerprint density at radius 3 is 2.54 bits per heavy atom. The van der Waals surface area contributed by atoms with Crippen molar-refractivity contribution in [1.29, 1.82) is 0 Å². The second kappa shape index (κ2) is 8.08. The minimum absolute atomic E-state index is 0.132. The Hall–Kier alpha value is -1.46. The Morgan fingerprint density at radius 2 is 1.83 bits per heavy atom. The molecule has 2 fully saturated rings. The molecule has 5 heteroatoms. The maximum Gasteiger partial charge on any atom is 0.224 e. The lowest BCUT2D eigenvalue weighted by atomic mass is 9.92. The van der Waals surface area contributed by atoms with Crippen molar-refractivity contribution in [3.63, 3.8) is 0 Å². The lowest BCUT2D eigenvalue weighted by Gasteiger charge is -2.39. The van der Waals surface area contributed by atoms with Gasteiger partial charge in [0.05, 0.1) is 12.1 Å². The van der Waals surface area contributed by atoms with Gasteiger partial charge in [0.15, 0.2) is 0 Å². The molecule has 0 spiro atoms. The third-order valence-corrected chi connectivity index (χ3v) is 5.26. The van der Waals surface area contributed by atoms with Gasteiger partial charge in [0, 0.05) is 19.5 Å². The highest BCUT2D eigenvalue weighted by molar-refractivity contribution is 5.77. The van der Waals surface area contributed by atoms with E-state index in [1.54, 1.807) is 12.1 Å². The second-order valence-corrected chi connectivity index (χ2v) is 6.99. The van der Waals surface area contributed by atoms with E-state index < -0.39 is 6.10 Å². The van der Waals surface area contributed by atoms with Crippen molar-refractivity contribution in [3.05, 3.63) is 35.6 Å². The molecule has 2 aliphatic rings. The number of hydrogen-bond donors (Lipinski definition) is 1. The predicted molar refractivity (Wildman–Crippen MR) is 91.1 cm³/mol. The van der Waals surface area contributed by atoms with Crippen molar-refractivity contribution in [3.8, 4) is 0 Å². The van der Waals surface area contributed by atoms with E-state index in [-0.39, 0.29) is 17.8 Å². The van der Waals surface area contributed by atoms with Crippen LogP contribution in [-0.2, 0) is 11.2 Å². The van der Waals surface area contributed by atoms with Crippen LogP contribution in [0.1, 0.15) is 37.7 Å². The fourth-order valence-electron chi connectivity index (χ4n) is 3.86. The normalized spacial score (nSPS) is 25.2. The summed E-state index contributed by atoms with van der Waals surface area (Å²) < 4.78 is 13.1. The quantitative estimate of drug-likeness (QED) is 0.898. The van der Waals surface area contributed by atoms with Gasteiger partial charge in [0.2, 0.25) is 5.91 Å². The Morgan fingerprint density at radius 1 is 1.12 bits per heavy atom. The predicted octanol–water partition coefficient (Wildman–Crippen LogP) is 2.21. The van der Waals surface area contributed by atoms with Crippen molar-refractivity contribution >= 4 is 5.91 Å². The third kappa shape index (κ3) is 4.33. The first-order valence-electron chi connectivity index (χ1n) is 9.08. The van der Waals surface area contributed by atoms with Crippen LogP contribution < -0.4 is 0 Å². The number of nitrogens with zero attached hydrogens (tertiary/aromatic N) is 2. The smallest absolute Gasteiger partial charge is 0.224 e. The van der Waals surface area contributed by atoms with Gasteiger partial charge < -0.3 is 14.9 Å². The second-order valence-electron chi connectivity index (χ2n) is 6.99. The molecule has 0 bridgehead atoms. The zero-order chi connectivity index (χ0) is 16.9. The van der Waals surface area contributed by atoms with Gasteiger partial charge in [-0.05, 0) is 62.9 Å². The Kier molecular flexibility index (Phi) is 5.85. The van der Waals surface area contributed by atoms with E-state index >= 15 is 0 Å². The SMILES string of the molecule is O=C(CCN1CCCC1)N1CCC[C@H](O)[C@@H]1Cc1ccc(F)cc1. The Bertz CT molecular complexity index is 543. The fourth-order valence-corrected chi connectivity index (χ4v) is 3.86. The highest BCUT2D eigenvalue weighted by atomic mass is 19.1. The molecular formula is C19H27FN2O2. The van der Waals surface area contributed by atoms with Gasteiger partial charge in [0.1, 0.15) is 5.82 Å². The van der Waals surface area contributed by atoms with Crippen molar-refractivity contribution < 1.29 is 14.3 Å². The third-order valence-electron chi connectivity index (χ3n) is 5.26. The molecule has 0 radical (unpaired) electrons. The van der Waals surface area contributed by atoms with Crippen molar-refractivity contribution in [2.24, 2.45) is 0 Å². The van der Waals surface area contributed by atoms with Gasteiger partial charge >= 0.3 is 0 Å². The number of rotatable bonds is 5. The lowest BCUT2D eigenvalue weighted by molar-refractivity contribution is -0.139. The molecule has 0 saturated carbocycles. The summed E-state index contributed by atoms with van der Waals surface area (Å²) in [4.78, 5) is 16.9. The van der Waals surface area contributed by atoms with Gasteiger partial charge in [-0.2, -0.15) is 0 Å². The van der Waals surface area contributed by atoms with Gasteiger partial charge in [-0.1, -0.05) is 12.1 Å². The topological polar surface area (TPSA) is 43.8 Å². The number of hydrogen-bond acceptors (Lipinski definition) is 3. The summed E-state index contributed by atoms with van der Waals surface area (Å²) >= 11 is 0. The van der Waals surface area contributed by atoms with Crippen molar-refractivity contribution in [2.45, 2.75) is 50.7 Å². The van der Waals surface area contributed by atoms with Crippen molar-refractivity contribution in [2.75, 3.05) is 26.2 Å². The molecule has 2 aliphatic heterocycles. The monoisotopic (exact) mass is 334 g/mol. The number of benzene rings is 1. The van der Waals surface area contributed by atoms with Gasteiger partial charge in [0.25, 0.3) is 0 Å². The van der Waals surface area contributed by atoms with Gasteiger partial charge in [-0.3, -0.25) is 4.79 Å². The lowest BCUT2D eigenvalue weighted by Crippen LogP contribution is -2.52. The fraction of sp³-hybridized carbons (Fsp3) is 0.632. The average molecular weight is 334 g/mol. The molecule has 2 saturated heterocycles. The summed E-state index contributed by atoms with van der Waals surface area (Å²) in [6, 6.07) is 6.15. The van der Waals surface area contributed by atoms with E-state index in [0.29, 0.717) is 19.4 Å². The summed E-state index contributed by atoms with van der Waals surface area (Å²) in [6.45, 7) is 3.71. The van der Waals surface area contributed by atoms with Crippen molar-refractivity contribution in [1.82, 2.24) is 9.80 Å². The van der Waals surface area contributed by atoms with Crippen LogP contribution in [0.25, 0.3) is 0 Å². The molecule has 1 aromatic rings. The van der Waals surface area contributed by atoms with Crippen LogP contribution in [0.4, 0.5) is 4.39 Å². The molecule has 0 unspecified atom stereocenters. The number of carbonyl (C=O) groups excluding carboxylic acids is 1.